The van der Waals surface area contributed by atoms with E-state index in [1.807, 2.05) is 54.7 Å². The van der Waals surface area contributed by atoms with Crippen molar-refractivity contribution in [3.05, 3.63) is 101 Å². The van der Waals surface area contributed by atoms with Gasteiger partial charge in [0.25, 0.3) is 0 Å². The molecule has 0 aliphatic carbocycles. The number of rotatable bonds is 7. The van der Waals surface area contributed by atoms with E-state index in [0.717, 1.165) is 39.7 Å². The summed E-state index contributed by atoms with van der Waals surface area (Å²) in [5, 5.41) is 6.97. The molecule has 4 aromatic rings. The summed E-state index contributed by atoms with van der Waals surface area (Å²) in [5.74, 6) is 0.681. The van der Waals surface area contributed by atoms with Gasteiger partial charge in [-0.25, -0.2) is 4.98 Å². The van der Waals surface area contributed by atoms with Gasteiger partial charge in [0, 0.05) is 42.3 Å². The molecule has 1 aliphatic heterocycles. The number of carbonyl (C=O) groups is 1. The molecule has 9 heteroatoms. The number of amides is 1. The SMILES string of the molecule is COCC(=O)Nc1ccc(N2C(=S)N[C@H](c3ccccn3)[C@@H]2c2cc(C)n(-c3cc(C)ccn3)c2C)cc1. The summed E-state index contributed by atoms with van der Waals surface area (Å²) < 4.78 is 7.10. The molecule has 8 nitrogen and oxygen atoms in total. The number of hydrogen-bond donors (Lipinski definition) is 2. The molecule has 5 rings (SSSR count). The average Bonchev–Trinajstić information content (AvgIpc) is 3.40. The van der Waals surface area contributed by atoms with Gasteiger partial charge in [0.1, 0.15) is 12.4 Å². The van der Waals surface area contributed by atoms with Crippen LogP contribution < -0.4 is 15.5 Å². The van der Waals surface area contributed by atoms with Crippen LogP contribution in [0.25, 0.3) is 5.82 Å². The Morgan fingerprint density at radius 1 is 1.05 bits per heavy atom. The Morgan fingerprint density at radius 3 is 2.53 bits per heavy atom. The number of nitrogens with one attached hydrogen (secondary N) is 2. The first kappa shape index (κ1) is 25.6. The van der Waals surface area contributed by atoms with Gasteiger partial charge in [-0.1, -0.05) is 6.07 Å². The lowest BCUT2D eigenvalue weighted by Gasteiger charge is -2.28. The van der Waals surface area contributed by atoms with E-state index in [1.165, 1.54) is 7.11 Å². The standard InChI is InChI=1S/C29H30N6O2S/c1-18-12-14-31-25(15-18)34-19(2)16-23(20(34)3)28-27(24-7-5-6-13-30-24)33-29(38)35(28)22-10-8-21(9-11-22)32-26(36)17-37-4/h5-16,27-28H,17H2,1-4H3,(H,32,36)(H,33,38)/t27-,28+/m1/s1. The molecule has 0 bridgehead atoms. The third kappa shape index (κ3) is 4.90. The van der Waals surface area contributed by atoms with Gasteiger partial charge in [-0.15, -0.1) is 0 Å². The van der Waals surface area contributed by atoms with Crippen molar-refractivity contribution in [3.63, 3.8) is 0 Å². The van der Waals surface area contributed by atoms with Crippen LogP contribution >= 0.6 is 12.2 Å². The number of carbonyl (C=O) groups excluding carboxylic acids is 1. The van der Waals surface area contributed by atoms with Crippen molar-refractivity contribution in [2.45, 2.75) is 32.9 Å². The van der Waals surface area contributed by atoms with Gasteiger partial charge in [0.15, 0.2) is 5.11 Å². The second-order valence-electron chi connectivity index (χ2n) is 9.38. The predicted molar refractivity (Wildman–Crippen MR) is 153 cm³/mol. The number of aryl methyl sites for hydroxylation is 2. The Kier molecular flexibility index (Phi) is 7.22. The van der Waals surface area contributed by atoms with Crippen LogP contribution in [0.2, 0.25) is 0 Å². The Bertz CT molecular complexity index is 1470. The monoisotopic (exact) mass is 526 g/mol. The molecule has 4 heterocycles. The molecule has 1 saturated heterocycles. The van der Waals surface area contributed by atoms with E-state index in [1.54, 1.807) is 6.20 Å². The number of thiocarbonyl (C=S) groups is 1. The van der Waals surface area contributed by atoms with Gasteiger partial charge < -0.3 is 24.8 Å². The van der Waals surface area contributed by atoms with Crippen molar-refractivity contribution in [1.82, 2.24) is 19.9 Å². The van der Waals surface area contributed by atoms with E-state index in [2.05, 4.69) is 63.0 Å². The van der Waals surface area contributed by atoms with Crippen LogP contribution in [0.5, 0.6) is 0 Å². The zero-order valence-corrected chi connectivity index (χ0v) is 22.6. The van der Waals surface area contributed by atoms with E-state index < -0.39 is 0 Å². The first-order valence-electron chi connectivity index (χ1n) is 12.4. The molecule has 1 aliphatic rings. The van der Waals surface area contributed by atoms with Gasteiger partial charge in [-0.3, -0.25) is 9.78 Å². The van der Waals surface area contributed by atoms with Gasteiger partial charge >= 0.3 is 0 Å². The molecule has 0 unspecified atom stereocenters. The Hall–Kier alpha value is -4.08. The first-order chi connectivity index (χ1) is 18.4. The highest BCUT2D eigenvalue weighted by atomic mass is 32.1. The summed E-state index contributed by atoms with van der Waals surface area (Å²) in [5.41, 5.74) is 6.97. The van der Waals surface area contributed by atoms with Gasteiger partial charge in [-0.05, 0) is 98.7 Å². The van der Waals surface area contributed by atoms with Crippen LogP contribution in [0.15, 0.2) is 73.1 Å². The minimum atomic E-state index is -0.205. The lowest BCUT2D eigenvalue weighted by Crippen LogP contribution is -2.29. The molecular weight excluding hydrogens is 496 g/mol. The van der Waals surface area contributed by atoms with Crippen LogP contribution in [0.1, 0.15) is 40.3 Å². The molecule has 1 aromatic carbocycles. The highest BCUT2D eigenvalue weighted by Gasteiger charge is 2.42. The molecule has 2 N–H and O–H groups in total. The molecule has 2 atom stereocenters. The van der Waals surface area contributed by atoms with Crippen LogP contribution in [0.3, 0.4) is 0 Å². The summed E-state index contributed by atoms with van der Waals surface area (Å²) in [6.45, 7) is 6.29. The first-order valence-corrected chi connectivity index (χ1v) is 12.8. The van der Waals surface area contributed by atoms with Crippen LogP contribution in [-0.2, 0) is 9.53 Å². The largest absolute Gasteiger partial charge is 0.375 e. The maximum Gasteiger partial charge on any atom is 0.250 e. The van der Waals surface area contributed by atoms with Crippen LogP contribution in [0, 0.1) is 20.8 Å². The van der Waals surface area contributed by atoms with Gasteiger partial charge in [-0.2, -0.15) is 0 Å². The maximum absolute atomic E-state index is 12.0. The van der Waals surface area contributed by atoms with Crippen molar-refractivity contribution >= 4 is 34.6 Å². The van der Waals surface area contributed by atoms with Crippen molar-refractivity contribution < 1.29 is 9.53 Å². The molecule has 38 heavy (non-hydrogen) atoms. The second kappa shape index (κ2) is 10.7. The Morgan fingerprint density at radius 2 is 1.84 bits per heavy atom. The molecule has 0 spiro atoms. The molecule has 1 amide bonds. The smallest absolute Gasteiger partial charge is 0.250 e. The maximum atomic E-state index is 12.0. The minimum Gasteiger partial charge on any atom is -0.375 e. The minimum absolute atomic E-state index is 0.00112. The van der Waals surface area contributed by atoms with E-state index in [4.69, 9.17) is 17.0 Å². The van der Waals surface area contributed by atoms with E-state index >= 15 is 0 Å². The summed E-state index contributed by atoms with van der Waals surface area (Å²) in [6, 6.07) is 19.6. The number of anilines is 2. The summed E-state index contributed by atoms with van der Waals surface area (Å²) in [7, 11) is 1.49. The molecule has 3 aromatic heterocycles. The molecular formula is C29H30N6O2S. The summed E-state index contributed by atoms with van der Waals surface area (Å²) in [6.07, 6.45) is 3.64. The zero-order valence-electron chi connectivity index (χ0n) is 21.8. The number of nitrogens with zero attached hydrogens (tertiary/aromatic N) is 4. The molecule has 0 radical (unpaired) electrons. The van der Waals surface area contributed by atoms with Crippen LogP contribution in [-0.4, -0.2) is 39.3 Å². The van der Waals surface area contributed by atoms with Crippen LogP contribution in [0.4, 0.5) is 11.4 Å². The molecule has 0 saturated carbocycles. The third-order valence-electron chi connectivity index (χ3n) is 6.72. The lowest BCUT2D eigenvalue weighted by molar-refractivity contribution is -0.119. The molecule has 194 valence electrons. The number of hydrogen-bond acceptors (Lipinski definition) is 5. The van der Waals surface area contributed by atoms with Crippen molar-refractivity contribution in [2.75, 3.05) is 23.9 Å². The van der Waals surface area contributed by atoms with Gasteiger partial charge in [0.05, 0.1) is 17.8 Å². The number of aromatic nitrogens is 3. The number of methoxy groups -OCH3 is 1. The number of ether oxygens (including phenoxy) is 1. The van der Waals surface area contributed by atoms with Crippen molar-refractivity contribution in [3.8, 4) is 5.82 Å². The third-order valence-corrected chi connectivity index (χ3v) is 7.04. The predicted octanol–water partition coefficient (Wildman–Crippen LogP) is 4.95. The van der Waals surface area contributed by atoms with E-state index in [9.17, 15) is 4.79 Å². The Balaban J connectivity index is 1.58. The van der Waals surface area contributed by atoms with Crippen molar-refractivity contribution in [1.29, 1.82) is 0 Å². The Labute approximate surface area is 227 Å². The fourth-order valence-electron chi connectivity index (χ4n) is 5.06. The summed E-state index contributed by atoms with van der Waals surface area (Å²) >= 11 is 5.89. The average molecular weight is 527 g/mol. The normalized spacial score (nSPS) is 16.9. The van der Waals surface area contributed by atoms with E-state index in [0.29, 0.717) is 10.8 Å². The van der Waals surface area contributed by atoms with Crippen molar-refractivity contribution in [2.24, 2.45) is 0 Å². The summed E-state index contributed by atoms with van der Waals surface area (Å²) in [4.78, 5) is 23.4. The zero-order chi connectivity index (χ0) is 26.8. The quantitative estimate of drug-likeness (QED) is 0.330. The second-order valence-corrected chi connectivity index (χ2v) is 9.76. The fraction of sp³-hybridized carbons (Fsp3) is 0.241. The van der Waals surface area contributed by atoms with E-state index in [-0.39, 0.29) is 24.6 Å². The lowest BCUT2D eigenvalue weighted by atomic mass is 9.96. The fourth-order valence-corrected chi connectivity index (χ4v) is 5.41. The number of benzene rings is 1. The number of pyridine rings is 2. The highest BCUT2D eigenvalue weighted by Crippen LogP contribution is 2.43. The highest BCUT2D eigenvalue weighted by molar-refractivity contribution is 7.80. The topological polar surface area (TPSA) is 84.3 Å². The van der Waals surface area contributed by atoms with Gasteiger partial charge in [0.2, 0.25) is 5.91 Å². The molecule has 1 fully saturated rings.